The molecule has 0 unspecified atom stereocenters. The van der Waals surface area contributed by atoms with Crippen molar-refractivity contribution in [2.45, 2.75) is 0 Å². The van der Waals surface area contributed by atoms with Crippen LogP contribution in [-0.2, 0) is 0 Å². The highest BCUT2D eigenvalue weighted by Gasteiger charge is 2.09. The lowest BCUT2D eigenvalue weighted by Gasteiger charge is -2.07. The molecule has 0 atom stereocenters. The van der Waals surface area contributed by atoms with Gasteiger partial charge in [0.1, 0.15) is 0 Å². The Hall–Kier alpha value is -1.85. The summed E-state index contributed by atoms with van der Waals surface area (Å²) in [7, 11) is 0. The van der Waals surface area contributed by atoms with Crippen molar-refractivity contribution in [2.24, 2.45) is 5.73 Å². The van der Waals surface area contributed by atoms with Crippen molar-refractivity contribution >= 4 is 45.0 Å². The summed E-state index contributed by atoms with van der Waals surface area (Å²) < 4.78 is 0.683. The fourth-order valence-electron chi connectivity index (χ4n) is 1.59. The third-order valence-electron chi connectivity index (χ3n) is 2.59. The first-order chi connectivity index (χ1) is 9.47. The Morgan fingerprint density at radius 2 is 1.80 bits per heavy atom. The molecule has 0 aromatic heterocycles. The Labute approximate surface area is 129 Å². The number of halogens is 2. The van der Waals surface area contributed by atoms with E-state index in [-0.39, 0.29) is 11.5 Å². The number of hydrogen-bond donors (Lipinski definition) is 2. The Balaban J connectivity index is 2.21. The second-order valence-corrected chi connectivity index (χ2v) is 5.29. The first-order valence-electron chi connectivity index (χ1n) is 5.63. The molecule has 6 heteroatoms. The van der Waals surface area contributed by atoms with E-state index in [9.17, 15) is 9.59 Å². The van der Waals surface area contributed by atoms with Crippen LogP contribution in [0.2, 0.25) is 5.02 Å². The van der Waals surface area contributed by atoms with Crippen LogP contribution in [-0.4, -0.2) is 11.8 Å². The van der Waals surface area contributed by atoms with E-state index in [1.54, 1.807) is 36.4 Å². The van der Waals surface area contributed by atoms with Crippen molar-refractivity contribution in [3.8, 4) is 0 Å². The first-order valence-corrected chi connectivity index (χ1v) is 6.81. The highest BCUT2D eigenvalue weighted by molar-refractivity contribution is 9.10. The third kappa shape index (κ3) is 3.37. The largest absolute Gasteiger partial charge is 0.366 e. The number of primary amides is 1. The fraction of sp³-hybridized carbons (Fsp3) is 0. The maximum absolute atomic E-state index is 12.1. The summed E-state index contributed by atoms with van der Waals surface area (Å²) in [5.74, 6) is -0.906. The maximum atomic E-state index is 12.1. The highest BCUT2D eigenvalue weighted by Crippen LogP contribution is 2.25. The molecular formula is C14H10BrClN2O2. The van der Waals surface area contributed by atoms with Crippen LogP contribution >= 0.6 is 27.5 Å². The minimum atomic E-state index is -0.575. The average Bonchev–Trinajstić information content (AvgIpc) is 2.43. The summed E-state index contributed by atoms with van der Waals surface area (Å²) in [5, 5.41) is 3.27. The van der Waals surface area contributed by atoms with E-state index in [1.807, 2.05) is 0 Å². The average molecular weight is 354 g/mol. The van der Waals surface area contributed by atoms with Crippen molar-refractivity contribution in [2.75, 3.05) is 5.32 Å². The quantitative estimate of drug-likeness (QED) is 0.887. The summed E-state index contributed by atoms with van der Waals surface area (Å²) in [4.78, 5) is 23.2. The second-order valence-electron chi connectivity index (χ2n) is 4.03. The zero-order valence-electron chi connectivity index (χ0n) is 10.2. The fourth-order valence-corrected chi connectivity index (χ4v) is 2.09. The molecule has 0 fully saturated rings. The molecule has 2 aromatic rings. The normalized spacial score (nSPS) is 10.1. The molecule has 0 aliphatic heterocycles. The standard InChI is InChI=1S/C14H10BrClN2O2/c15-11-7-10(4-5-12(11)16)18-14(20)9-3-1-2-8(6-9)13(17)19/h1-7H,(H2,17,19)(H,18,20). The number of hydrogen-bond acceptors (Lipinski definition) is 2. The topological polar surface area (TPSA) is 72.2 Å². The summed E-state index contributed by atoms with van der Waals surface area (Å²) >= 11 is 9.16. The van der Waals surface area contributed by atoms with Gasteiger partial charge in [0, 0.05) is 21.3 Å². The number of anilines is 1. The second kappa shape index (κ2) is 6.07. The number of amides is 2. The van der Waals surface area contributed by atoms with E-state index in [4.69, 9.17) is 17.3 Å². The van der Waals surface area contributed by atoms with Crippen LogP contribution in [0.4, 0.5) is 5.69 Å². The van der Waals surface area contributed by atoms with Gasteiger partial charge in [-0.05, 0) is 52.3 Å². The maximum Gasteiger partial charge on any atom is 0.255 e. The lowest BCUT2D eigenvalue weighted by Crippen LogP contribution is -2.15. The van der Waals surface area contributed by atoms with Gasteiger partial charge in [0.15, 0.2) is 0 Å². The van der Waals surface area contributed by atoms with Crippen molar-refractivity contribution < 1.29 is 9.59 Å². The van der Waals surface area contributed by atoms with Crippen LogP contribution in [0.5, 0.6) is 0 Å². The first kappa shape index (κ1) is 14.6. The molecular weight excluding hydrogens is 344 g/mol. The lowest BCUT2D eigenvalue weighted by molar-refractivity contribution is 0.1000. The molecule has 0 saturated heterocycles. The molecule has 0 radical (unpaired) electrons. The van der Waals surface area contributed by atoms with Gasteiger partial charge < -0.3 is 11.1 Å². The van der Waals surface area contributed by atoms with Crippen LogP contribution < -0.4 is 11.1 Å². The van der Waals surface area contributed by atoms with Gasteiger partial charge in [0.25, 0.3) is 5.91 Å². The Kier molecular flexibility index (Phi) is 4.42. The highest BCUT2D eigenvalue weighted by atomic mass is 79.9. The van der Waals surface area contributed by atoms with Crippen molar-refractivity contribution in [1.29, 1.82) is 0 Å². The number of carbonyl (C=O) groups is 2. The molecule has 0 spiro atoms. The van der Waals surface area contributed by atoms with Crippen LogP contribution in [0.3, 0.4) is 0 Å². The molecule has 0 saturated carbocycles. The third-order valence-corrected chi connectivity index (χ3v) is 3.80. The Bertz CT molecular complexity index is 689. The zero-order chi connectivity index (χ0) is 14.7. The number of nitrogens with two attached hydrogens (primary N) is 1. The molecule has 20 heavy (non-hydrogen) atoms. The minimum absolute atomic E-state index is 0.287. The van der Waals surface area contributed by atoms with Crippen molar-refractivity contribution in [3.05, 3.63) is 63.1 Å². The van der Waals surface area contributed by atoms with E-state index < -0.39 is 5.91 Å². The molecule has 0 bridgehead atoms. The molecule has 2 rings (SSSR count). The van der Waals surface area contributed by atoms with Gasteiger partial charge in [-0.1, -0.05) is 17.7 Å². The van der Waals surface area contributed by atoms with Gasteiger partial charge in [-0.15, -0.1) is 0 Å². The van der Waals surface area contributed by atoms with Gasteiger partial charge in [-0.25, -0.2) is 0 Å². The van der Waals surface area contributed by atoms with Crippen LogP contribution in [0.1, 0.15) is 20.7 Å². The predicted molar refractivity (Wildman–Crippen MR) is 82.1 cm³/mol. The molecule has 2 aromatic carbocycles. The smallest absolute Gasteiger partial charge is 0.255 e. The molecule has 0 heterocycles. The summed E-state index contributed by atoms with van der Waals surface area (Å²) in [5.41, 5.74) is 6.41. The number of rotatable bonds is 3. The lowest BCUT2D eigenvalue weighted by atomic mass is 10.1. The van der Waals surface area contributed by atoms with Gasteiger partial charge in [-0.3, -0.25) is 9.59 Å². The zero-order valence-corrected chi connectivity index (χ0v) is 12.5. The number of carbonyl (C=O) groups excluding carboxylic acids is 2. The Morgan fingerprint density at radius 3 is 2.45 bits per heavy atom. The molecule has 0 aliphatic carbocycles. The molecule has 4 nitrogen and oxygen atoms in total. The van der Waals surface area contributed by atoms with Crippen molar-refractivity contribution in [1.82, 2.24) is 0 Å². The summed E-state index contributed by atoms with van der Waals surface area (Å²) in [6, 6.07) is 11.3. The monoisotopic (exact) mass is 352 g/mol. The van der Waals surface area contributed by atoms with Crippen molar-refractivity contribution in [3.63, 3.8) is 0 Å². The summed E-state index contributed by atoms with van der Waals surface area (Å²) in [6.45, 7) is 0. The SMILES string of the molecule is NC(=O)c1cccc(C(=O)Nc2ccc(Cl)c(Br)c2)c1. The molecule has 0 aliphatic rings. The number of nitrogens with one attached hydrogen (secondary N) is 1. The van der Waals surface area contributed by atoms with E-state index in [0.29, 0.717) is 20.7 Å². The predicted octanol–water partition coefficient (Wildman–Crippen LogP) is 3.45. The van der Waals surface area contributed by atoms with Gasteiger partial charge in [0.05, 0.1) is 5.02 Å². The summed E-state index contributed by atoms with van der Waals surface area (Å²) in [6.07, 6.45) is 0. The van der Waals surface area contributed by atoms with Crippen LogP contribution in [0.25, 0.3) is 0 Å². The van der Waals surface area contributed by atoms with E-state index in [2.05, 4.69) is 21.2 Å². The van der Waals surface area contributed by atoms with Crippen LogP contribution in [0, 0.1) is 0 Å². The molecule has 3 N–H and O–H groups in total. The molecule has 102 valence electrons. The minimum Gasteiger partial charge on any atom is -0.366 e. The number of benzene rings is 2. The van der Waals surface area contributed by atoms with Gasteiger partial charge in [-0.2, -0.15) is 0 Å². The van der Waals surface area contributed by atoms with E-state index in [0.717, 1.165) is 0 Å². The van der Waals surface area contributed by atoms with Gasteiger partial charge in [0.2, 0.25) is 5.91 Å². The molecule has 2 amide bonds. The van der Waals surface area contributed by atoms with E-state index in [1.165, 1.54) is 6.07 Å². The Morgan fingerprint density at radius 1 is 1.10 bits per heavy atom. The van der Waals surface area contributed by atoms with E-state index >= 15 is 0 Å². The van der Waals surface area contributed by atoms with Gasteiger partial charge >= 0.3 is 0 Å². The van der Waals surface area contributed by atoms with Crippen LogP contribution in [0.15, 0.2) is 46.9 Å².